The summed E-state index contributed by atoms with van der Waals surface area (Å²) >= 11 is 0. The highest BCUT2D eigenvalue weighted by Gasteiger charge is 2.71. The van der Waals surface area contributed by atoms with Crippen molar-refractivity contribution >= 4 is 17.4 Å². The van der Waals surface area contributed by atoms with E-state index in [9.17, 15) is 14.3 Å². The molecular weight excluding hydrogens is 511 g/mol. The molecule has 0 aliphatic heterocycles. The van der Waals surface area contributed by atoms with Gasteiger partial charge in [-0.25, -0.2) is 4.39 Å². The van der Waals surface area contributed by atoms with E-state index in [2.05, 4.69) is 53.5 Å². The number of aliphatic carboxylic acids is 1. The lowest BCUT2D eigenvalue weighted by Crippen LogP contribution is -2.66. The quantitative estimate of drug-likeness (QED) is 0.284. The van der Waals surface area contributed by atoms with Crippen LogP contribution in [0.4, 0.5) is 10.1 Å². The SMILES string of the molecule is C=C(C)[C@@H]1CC[C@]2(C(=O)O)CC[C@]3(C)[C@H](CC[C@@H]4[C@@]5(C)CC/C(=N\Nc6ccc(F)cc6)C(C)(C)[C@@H]5CC[C@]43C)[C@@H]12. The lowest BCUT2D eigenvalue weighted by atomic mass is 9.32. The van der Waals surface area contributed by atoms with Gasteiger partial charge in [0.25, 0.3) is 0 Å². The fraction of sp³-hybridized carbons (Fsp3) is 0.722. The summed E-state index contributed by atoms with van der Waals surface area (Å²) in [7, 11) is 0. The molecule has 5 saturated carbocycles. The second-order valence-electron chi connectivity index (χ2n) is 16.0. The minimum Gasteiger partial charge on any atom is -0.481 e. The first-order valence-electron chi connectivity index (χ1n) is 16.2. The standard InChI is InChI=1S/C36H51FN2O2/c1-22(2)25-14-19-36(31(40)41)21-20-34(6)26(30(25)36)12-13-28-33(5)17-16-29(39-38-24-10-8-23(37)9-11-24)32(3,4)27(33)15-18-35(28,34)7/h8-11,25-28,30,38H,1,12-21H2,2-7H3,(H,40,41)/b39-29+/t25-,26+,27-,28+,30+,33-,34+,35+,36-/m0/s1. The van der Waals surface area contributed by atoms with Crippen LogP contribution in [0.25, 0.3) is 0 Å². The average molecular weight is 563 g/mol. The molecule has 6 rings (SSSR count). The molecule has 5 fully saturated rings. The number of hydrazone groups is 1. The van der Waals surface area contributed by atoms with Crippen LogP contribution in [0.2, 0.25) is 0 Å². The molecule has 4 nitrogen and oxygen atoms in total. The lowest BCUT2D eigenvalue weighted by Gasteiger charge is -2.72. The zero-order valence-corrected chi connectivity index (χ0v) is 26.2. The molecule has 1 aromatic carbocycles. The molecule has 224 valence electrons. The van der Waals surface area contributed by atoms with Crippen molar-refractivity contribution in [1.29, 1.82) is 0 Å². The predicted molar refractivity (Wildman–Crippen MR) is 164 cm³/mol. The van der Waals surface area contributed by atoms with Gasteiger partial charge >= 0.3 is 5.97 Å². The van der Waals surface area contributed by atoms with Gasteiger partial charge in [0, 0.05) is 11.1 Å². The summed E-state index contributed by atoms with van der Waals surface area (Å²) in [5.41, 5.74) is 6.45. The Bertz CT molecular complexity index is 1270. The number of fused-ring (bicyclic) bond motifs is 7. The van der Waals surface area contributed by atoms with E-state index in [-0.39, 0.29) is 33.4 Å². The van der Waals surface area contributed by atoms with E-state index in [1.54, 1.807) is 12.1 Å². The molecule has 0 unspecified atom stereocenters. The Hall–Kier alpha value is -2.17. The summed E-state index contributed by atoms with van der Waals surface area (Å²) in [5, 5.41) is 15.5. The molecule has 1 aromatic rings. The van der Waals surface area contributed by atoms with Crippen LogP contribution in [0, 0.1) is 62.5 Å². The number of benzene rings is 1. The number of nitrogens with zero attached hydrogens (tertiary/aromatic N) is 1. The van der Waals surface area contributed by atoms with Crippen LogP contribution < -0.4 is 5.43 Å². The molecule has 5 aliphatic rings. The van der Waals surface area contributed by atoms with Crippen LogP contribution in [0.5, 0.6) is 0 Å². The van der Waals surface area contributed by atoms with Crippen molar-refractivity contribution in [3.63, 3.8) is 0 Å². The first-order valence-corrected chi connectivity index (χ1v) is 16.2. The highest BCUT2D eigenvalue weighted by Crippen LogP contribution is 2.77. The first-order chi connectivity index (χ1) is 19.2. The van der Waals surface area contributed by atoms with Gasteiger partial charge in [0.05, 0.1) is 11.1 Å². The molecule has 0 radical (unpaired) electrons. The van der Waals surface area contributed by atoms with Gasteiger partial charge in [-0.05, 0) is 141 Å². The number of carboxylic acids is 1. The predicted octanol–water partition coefficient (Wildman–Crippen LogP) is 9.34. The molecule has 0 heterocycles. The zero-order chi connectivity index (χ0) is 29.6. The van der Waals surface area contributed by atoms with E-state index in [1.165, 1.54) is 42.7 Å². The first kappa shape index (κ1) is 28.9. The second-order valence-corrected chi connectivity index (χ2v) is 16.0. The number of hydrogen-bond acceptors (Lipinski definition) is 3. The van der Waals surface area contributed by atoms with Crippen LogP contribution in [-0.2, 0) is 4.79 Å². The van der Waals surface area contributed by atoms with Crippen molar-refractivity contribution in [2.45, 2.75) is 106 Å². The van der Waals surface area contributed by atoms with Crippen LogP contribution >= 0.6 is 0 Å². The number of carboxylic acid groups (broad SMARTS) is 1. The fourth-order valence-electron chi connectivity index (χ4n) is 12.2. The van der Waals surface area contributed by atoms with E-state index < -0.39 is 11.4 Å². The highest BCUT2D eigenvalue weighted by atomic mass is 19.1. The summed E-state index contributed by atoms with van der Waals surface area (Å²) < 4.78 is 13.4. The number of carbonyl (C=O) groups is 1. The minimum atomic E-state index is -0.562. The van der Waals surface area contributed by atoms with Crippen molar-refractivity contribution in [3.05, 3.63) is 42.2 Å². The molecule has 0 amide bonds. The maximum atomic E-state index is 13.4. The molecule has 0 saturated heterocycles. The van der Waals surface area contributed by atoms with Crippen LogP contribution in [0.15, 0.2) is 41.5 Å². The maximum Gasteiger partial charge on any atom is 0.309 e. The van der Waals surface area contributed by atoms with Gasteiger partial charge in [0.15, 0.2) is 0 Å². The van der Waals surface area contributed by atoms with E-state index >= 15 is 0 Å². The van der Waals surface area contributed by atoms with Gasteiger partial charge in [-0.3, -0.25) is 10.2 Å². The number of hydrogen-bond donors (Lipinski definition) is 2. The van der Waals surface area contributed by atoms with Crippen LogP contribution in [0.3, 0.4) is 0 Å². The van der Waals surface area contributed by atoms with Gasteiger partial charge in [-0.2, -0.15) is 5.10 Å². The molecule has 5 heteroatoms. The van der Waals surface area contributed by atoms with Gasteiger partial charge in [-0.1, -0.05) is 46.8 Å². The topological polar surface area (TPSA) is 61.7 Å². The Morgan fingerprint density at radius 3 is 2.29 bits per heavy atom. The van der Waals surface area contributed by atoms with Gasteiger partial charge < -0.3 is 5.11 Å². The summed E-state index contributed by atoms with van der Waals surface area (Å²) in [6.07, 6.45) is 10.5. The molecule has 0 bridgehead atoms. The largest absolute Gasteiger partial charge is 0.481 e. The number of nitrogens with one attached hydrogen (secondary N) is 1. The highest BCUT2D eigenvalue weighted by molar-refractivity contribution is 5.91. The van der Waals surface area contributed by atoms with Gasteiger partial charge in [-0.15, -0.1) is 0 Å². The molecular formula is C36H51FN2O2. The fourth-order valence-corrected chi connectivity index (χ4v) is 12.2. The van der Waals surface area contributed by atoms with E-state index in [0.29, 0.717) is 23.7 Å². The number of anilines is 1. The Morgan fingerprint density at radius 2 is 1.63 bits per heavy atom. The van der Waals surface area contributed by atoms with Crippen LogP contribution in [0.1, 0.15) is 106 Å². The van der Waals surface area contributed by atoms with Crippen molar-refractivity contribution in [3.8, 4) is 0 Å². The number of allylic oxidation sites excluding steroid dienone is 1. The molecule has 2 N–H and O–H groups in total. The van der Waals surface area contributed by atoms with Gasteiger partial charge in [0.2, 0.25) is 0 Å². The third-order valence-corrected chi connectivity index (χ3v) is 14.4. The molecule has 0 spiro atoms. The van der Waals surface area contributed by atoms with E-state index in [0.717, 1.165) is 50.6 Å². The molecule has 5 aliphatic carbocycles. The number of rotatable bonds is 4. The lowest BCUT2D eigenvalue weighted by molar-refractivity contribution is -0.230. The second kappa shape index (κ2) is 9.41. The third-order valence-electron chi connectivity index (χ3n) is 14.4. The summed E-state index contributed by atoms with van der Waals surface area (Å²) in [6.45, 7) is 19.1. The minimum absolute atomic E-state index is 0.0271. The van der Waals surface area contributed by atoms with Crippen molar-refractivity contribution in [2.24, 2.45) is 61.8 Å². The van der Waals surface area contributed by atoms with E-state index in [1.807, 2.05) is 0 Å². The summed E-state index contributed by atoms with van der Waals surface area (Å²) in [6, 6.07) is 6.44. The average Bonchev–Trinajstić information content (AvgIpc) is 3.31. The number of halogens is 1. The molecule has 0 aromatic heterocycles. The van der Waals surface area contributed by atoms with Crippen molar-refractivity contribution in [2.75, 3.05) is 5.43 Å². The molecule has 41 heavy (non-hydrogen) atoms. The Labute approximate surface area is 246 Å². The third kappa shape index (κ3) is 3.88. The Morgan fingerprint density at radius 1 is 0.927 bits per heavy atom. The Balaban J connectivity index is 1.31. The monoisotopic (exact) mass is 562 g/mol. The molecule has 9 atom stereocenters. The summed E-state index contributed by atoms with van der Waals surface area (Å²) in [4.78, 5) is 12.9. The Kier molecular flexibility index (Phi) is 6.64. The van der Waals surface area contributed by atoms with E-state index in [4.69, 9.17) is 5.10 Å². The van der Waals surface area contributed by atoms with Crippen LogP contribution in [-0.4, -0.2) is 16.8 Å². The van der Waals surface area contributed by atoms with Gasteiger partial charge in [0.1, 0.15) is 5.82 Å². The van der Waals surface area contributed by atoms with Crippen molar-refractivity contribution in [1.82, 2.24) is 0 Å². The normalized spacial score (nSPS) is 45.6. The van der Waals surface area contributed by atoms with Crippen molar-refractivity contribution < 1.29 is 14.3 Å². The summed E-state index contributed by atoms with van der Waals surface area (Å²) in [5.74, 6) is 1.40. The smallest absolute Gasteiger partial charge is 0.309 e. The zero-order valence-electron chi connectivity index (χ0n) is 26.2. The maximum absolute atomic E-state index is 13.4.